The van der Waals surface area contributed by atoms with Crippen molar-refractivity contribution in [2.75, 3.05) is 12.8 Å². The second-order valence-electron chi connectivity index (χ2n) is 4.33. The van der Waals surface area contributed by atoms with Gasteiger partial charge in [-0.25, -0.2) is 13.4 Å². The third-order valence-electron chi connectivity index (χ3n) is 1.84. The van der Waals surface area contributed by atoms with E-state index in [1.54, 1.807) is 0 Å². The molecule has 6 heteroatoms. The van der Waals surface area contributed by atoms with E-state index < -0.39 is 9.84 Å². The number of sulfone groups is 1. The van der Waals surface area contributed by atoms with Crippen LogP contribution in [-0.4, -0.2) is 26.2 Å². The minimum Gasteiger partial charge on any atom is -0.311 e. The van der Waals surface area contributed by atoms with Crippen molar-refractivity contribution < 1.29 is 8.42 Å². The quantitative estimate of drug-likeness (QED) is 0.842. The van der Waals surface area contributed by atoms with Gasteiger partial charge in [0.25, 0.3) is 0 Å². The molecule has 16 heavy (non-hydrogen) atoms. The van der Waals surface area contributed by atoms with E-state index in [0.717, 1.165) is 12.2 Å². The Morgan fingerprint density at radius 3 is 2.75 bits per heavy atom. The smallest absolute Gasteiger partial charge is 0.153 e. The first kappa shape index (κ1) is 13.6. The lowest BCUT2D eigenvalue weighted by molar-refractivity contribution is 0.549. The molecule has 0 aliphatic carbocycles. The summed E-state index contributed by atoms with van der Waals surface area (Å²) in [4.78, 5) is 4.27. The molecule has 1 heterocycles. The summed E-state index contributed by atoms with van der Waals surface area (Å²) in [5, 5.41) is 5.85. The monoisotopic (exact) mass is 262 g/mol. The summed E-state index contributed by atoms with van der Waals surface area (Å²) < 4.78 is 22.1. The summed E-state index contributed by atoms with van der Waals surface area (Å²) in [7, 11) is -2.97. The average molecular weight is 262 g/mol. The Morgan fingerprint density at radius 1 is 1.50 bits per heavy atom. The molecular weight excluding hydrogens is 244 g/mol. The Kier molecular flexibility index (Phi) is 4.89. The molecule has 0 bridgehead atoms. The van der Waals surface area contributed by atoms with E-state index >= 15 is 0 Å². The summed E-state index contributed by atoms with van der Waals surface area (Å²) in [6, 6.07) is 0. The Morgan fingerprint density at radius 2 is 2.19 bits per heavy atom. The Hall–Kier alpha value is -0.460. The van der Waals surface area contributed by atoms with Crippen LogP contribution in [0.15, 0.2) is 5.38 Å². The van der Waals surface area contributed by atoms with Crippen molar-refractivity contribution >= 4 is 21.2 Å². The van der Waals surface area contributed by atoms with Gasteiger partial charge in [0.15, 0.2) is 9.84 Å². The molecule has 92 valence electrons. The number of hydrogen-bond donors (Lipinski definition) is 1. The van der Waals surface area contributed by atoms with Crippen LogP contribution in [0.3, 0.4) is 0 Å². The lowest BCUT2D eigenvalue weighted by Gasteiger charge is -2.04. The van der Waals surface area contributed by atoms with Gasteiger partial charge >= 0.3 is 0 Å². The Balaban J connectivity index is 2.46. The van der Waals surface area contributed by atoms with Gasteiger partial charge in [-0.05, 0) is 12.5 Å². The van der Waals surface area contributed by atoms with E-state index in [0.29, 0.717) is 17.5 Å². The van der Waals surface area contributed by atoms with Gasteiger partial charge in [-0.2, -0.15) is 0 Å². The molecule has 0 aliphatic rings. The van der Waals surface area contributed by atoms with Crippen LogP contribution < -0.4 is 5.32 Å². The Labute approximate surface area is 101 Å². The third kappa shape index (κ3) is 5.58. The highest BCUT2D eigenvalue weighted by Gasteiger charge is 2.08. The van der Waals surface area contributed by atoms with Crippen molar-refractivity contribution in [2.24, 2.45) is 5.92 Å². The standard InChI is InChI=1S/C10H18N2O2S2/c1-8(2)4-11-5-9-6-15-10(12-9)7-16(3,13)14/h6,8,11H,4-5,7H2,1-3H3. The van der Waals surface area contributed by atoms with Crippen LogP contribution in [0.25, 0.3) is 0 Å². The van der Waals surface area contributed by atoms with Crippen molar-refractivity contribution in [2.45, 2.75) is 26.1 Å². The number of rotatable bonds is 6. The lowest BCUT2D eigenvalue weighted by Crippen LogP contribution is -2.19. The van der Waals surface area contributed by atoms with Gasteiger partial charge < -0.3 is 5.32 Å². The van der Waals surface area contributed by atoms with Gasteiger partial charge in [0, 0.05) is 18.2 Å². The molecule has 1 rings (SSSR count). The number of nitrogens with one attached hydrogen (secondary N) is 1. The van der Waals surface area contributed by atoms with E-state index in [1.807, 2.05) is 5.38 Å². The first-order valence-electron chi connectivity index (χ1n) is 5.18. The van der Waals surface area contributed by atoms with Gasteiger partial charge in [0.05, 0.1) is 5.69 Å². The van der Waals surface area contributed by atoms with Crippen molar-refractivity contribution in [1.82, 2.24) is 10.3 Å². The van der Waals surface area contributed by atoms with Crippen molar-refractivity contribution in [1.29, 1.82) is 0 Å². The van der Waals surface area contributed by atoms with Crippen LogP contribution in [0.4, 0.5) is 0 Å². The predicted octanol–water partition coefficient (Wildman–Crippen LogP) is 1.43. The van der Waals surface area contributed by atoms with Crippen molar-refractivity contribution in [3.63, 3.8) is 0 Å². The van der Waals surface area contributed by atoms with Gasteiger partial charge in [-0.3, -0.25) is 0 Å². The molecule has 1 aromatic rings. The SMILES string of the molecule is CC(C)CNCc1csc(CS(C)(=O)=O)n1. The number of thiazole rings is 1. The minimum atomic E-state index is -2.97. The first-order chi connectivity index (χ1) is 7.37. The minimum absolute atomic E-state index is 0.0435. The maximum absolute atomic E-state index is 11.1. The van der Waals surface area contributed by atoms with Crippen LogP contribution in [-0.2, 0) is 22.1 Å². The number of aromatic nitrogens is 1. The van der Waals surface area contributed by atoms with E-state index in [4.69, 9.17) is 0 Å². The zero-order valence-electron chi connectivity index (χ0n) is 9.86. The summed E-state index contributed by atoms with van der Waals surface area (Å²) in [5.41, 5.74) is 0.921. The highest BCUT2D eigenvalue weighted by atomic mass is 32.2. The van der Waals surface area contributed by atoms with Gasteiger partial charge in [-0.15, -0.1) is 11.3 Å². The maximum Gasteiger partial charge on any atom is 0.153 e. The zero-order valence-corrected chi connectivity index (χ0v) is 11.5. The molecule has 0 amide bonds. The fraction of sp³-hybridized carbons (Fsp3) is 0.700. The maximum atomic E-state index is 11.1. The number of nitrogens with zero attached hydrogens (tertiary/aromatic N) is 1. The van der Waals surface area contributed by atoms with E-state index in [9.17, 15) is 8.42 Å². The highest BCUT2D eigenvalue weighted by Crippen LogP contribution is 2.12. The molecule has 1 N–H and O–H groups in total. The van der Waals surface area contributed by atoms with Crippen molar-refractivity contribution in [3.8, 4) is 0 Å². The van der Waals surface area contributed by atoms with Gasteiger partial charge in [0.2, 0.25) is 0 Å². The second kappa shape index (κ2) is 5.75. The molecule has 0 fully saturated rings. The molecule has 0 spiro atoms. The van der Waals surface area contributed by atoms with Crippen LogP contribution in [0.2, 0.25) is 0 Å². The molecule has 0 unspecified atom stereocenters. The van der Waals surface area contributed by atoms with Crippen LogP contribution >= 0.6 is 11.3 Å². The molecule has 4 nitrogen and oxygen atoms in total. The fourth-order valence-electron chi connectivity index (χ4n) is 1.21. The van der Waals surface area contributed by atoms with Crippen molar-refractivity contribution in [3.05, 3.63) is 16.1 Å². The second-order valence-corrected chi connectivity index (χ2v) is 7.41. The molecule has 1 aromatic heterocycles. The van der Waals surface area contributed by atoms with E-state index in [1.165, 1.54) is 17.6 Å². The molecule has 0 aromatic carbocycles. The fourth-order valence-corrected chi connectivity index (χ4v) is 3.22. The lowest BCUT2D eigenvalue weighted by atomic mass is 10.2. The van der Waals surface area contributed by atoms with Crippen LogP contribution in [0.1, 0.15) is 24.5 Å². The molecular formula is C10H18N2O2S2. The van der Waals surface area contributed by atoms with E-state index in [2.05, 4.69) is 24.1 Å². The summed E-state index contributed by atoms with van der Waals surface area (Å²) in [6.45, 7) is 5.93. The van der Waals surface area contributed by atoms with Gasteiger partial charge in [0.1, 0.15) is 10.8 Å². The highest BCUT2D eigenvalue weighted by molar-refractivity contribution is 7.90. The van der Waals surface area contributed by atoms with E-state index in [-0.39, 0.29) is 5.75 Å². The number of hydrogen-bond acceptors (Lipinski definition) is 5. The van der Waals surface area contributed by atoms with Gasteiger partial charge in [-0.1, -0.05) is 13.8 Å². The van der Waals surface area contributed by atoms with Crippen LogP contribution in [0.5, 0.6) is 0 Å². The predicted molar refractivity (Wildman–Crippen MR) is 67.2 cm³/mol. The average Bonchev–Trinajstić information content (AvgIpc) is 2.48. The zero-order chi connectivity index (χ0) is 12.2. The molecule has 0 saturated carbocycles. The molecule has 0 aliphatic heterocycles. The summed E-state index contributed by atoms with van der Waals surface area (Å²) >= 11 is 1.40. The summed E-state index contributed by atoms with van der Waals surface area (Å²) in [5.74, 6) is 0.649. The third-order valence-corrected chi connectivity index (χ3v) is 3.72. The molecule has 0 atom stereocenters. The normalized spacial score (nSPS) is 12.2. The topological polar surface area (TPSA) is 59.1 Å². The Bertz CT molecular complexity index is 424. The largest absolute Gasteiger partial charge is 0.311 e. The van der Waals surface area contributed by atoms with Crippen LogP contribution in [0, 0.1) is 5.92 Å². The first-order valence-corrected chi connectivity index (χ1v) is 8.12. The summed E-state index contributed by atoms with van der Waals surface area (Å²) in [6.07, 6.45) is 1.23. The molecule has 0 radical (unpaired) electrons. The molecule has 0 saturated heterocycles.